The number of likely N-dealkylation sites (N-methyl/N-ethyl adjacent to an activating group) is 1. The molecule has 2 N–H and O–H groups in total. The van der Waals surface area contributed by atoms with E-state index in [2.05, 4.69) is 39.3 Å². The van der Waals surface area contributed by atoms with Gasteiger partial charge in [0.25, 0.3) is 0 Å². The van der Waals surface area contributed by atoms with Crippen LogP contribution in [-0.2, 0) is 14.8 Å². The summed E-state index contributed by atoms with van der Waals surface area (Å²) in [5, 5.41) is 5.85. The smallest absolute Gasteiger partial charge is 0.239 e. The van der Waals surface area contributed by atoms with Crippen molar-refractivity contribution in [2.24, 2.45) is 0 Å². The number of nitrogens with zero attached hydrogens (tertiary/aromatic N) is 4. The zero-order valence-electron chi connectivity index (χ0n) is 17.4. The van der Waals surface area contributed by atoms with Crippen molar-refractivity contribution in [2.45, 2.75) is 20.8 Å². The second-order valence-corrected chi connectivity index (χ2v) is 8.72. The average Bonchev–Trinajstić information content (AvgIpc) is 2.63. The number of carbonyl (C=O) groups excluding carboxylic acids is 1. The zero-order valence-corrected chi connectivity index (χ0v) is 18.2. The van der Waals surface area contributed by atoms with Gasteiger partial charge in [-0.05, 0) is 45.0 Å². The Balaban J connectivity index is 2.05. The number of hydrogen-bond donors (Lipinski definition) is 2. The fraction of sp³-hybridized carbons (Fsp3) is 0.421. The summed E-state index contributed by atoms with van der Waals surface area (Å²) < 4.78 is 23.8. The summed E-state index contributed by atoms with van der Waals surface area (Å²) in [5.41, 5.74) is 2.20. The molecule has 1 amide bonds. The van der Waals surface area contributed by atoms with Crippen LogP contribution >= 0.6 is 0 Å². The number of rotatable bonds is 9. The molecule has 0 aliphatic rings. The number of benzene rings is 1. The van der Waals surface area contributed by atoms with E-state index in [0.29, 0.717) is 11.6 Å². The molecule has 0 atom stereocenters. The van der Waals surface area contributed by atoms with Gasteiger partial charge in [-0.15, -0.1) is 0 Å². The number of carbonyl (C=O) groups is 1. The molecule has 158 valence electrons. The molecule has 2 aromatic rings. The first-order valence-electron chi connectivity index (χ1n) is 9.31. The molecule has 1 heterocycles. The number of nitrogens with one attached hydrogen (secondary N) is 2. The van der Waals surface area contributed by atoms with Crippen molar-refractivity contribution >= 4 is 39.1 Å². The number of hydrogen-bond acceptors (Lipinski definition) is 7. The lowest BCUT2D eigenvalue weighted by atomic mass is 10.2. The van der Waals surface area contributed by atoms with Crippen LogP contribution in [0.4, 0.5) is 23.1 Å². The standard InChI is InChI=1S/C19H28N6O3S/c1-6-25(7-2)17-12-14(3)20-19(23-17)22-16-10-8-15(9-11-16)21-18(26)13-24(4)29(5,27)28/h8-12H,6-7,13H2,1-5H3,(H,21,26)(H,20,22,23). The van der Waals surface area contributed by atoms with Gasteiger partial charge in [-0.1, -0.05) is 0 Å². The van der Waals surface area contributed by atoms with Crippen LogP contribution in [0.25, 0.3) is 0 Å². The van der Waals surface area contributed by atoms with Crippen molar-refractivity contribution in [2.75, 3.05) is 48.5 Å². The van der Waals surface area contributed by atoms with Gasteiger partial charge < -0.3 is 15.5 Å². The van der Waals surface area contributed by atoms with E-state index in [0.717, 1.165) is 40.8 Å². The van der Waals surface area contributed by atoms with E-state index in [4.69, 9.17) is 0 Å². The molecule has 1 aromatic heterocycles. The van der Waals surface area contributed by atoms with Crippen LogP contribution in [0.5, 0.6) is 0 Å². The molecule has 29 heavy (non-hydrogen) atoms. The minimum absolute atomic E-state index is 0.246. The van der Waals surface area contributed by atoms with E-state index in [9.17, 15) is 13.2 Å². The van der Waals surface area contributed by atoms with Crippen LogP contribution in [-0.4, -0.2) is 61.5 Å². The Kier molecular flexibility index (Phi) is 7.52. The van der Waals surface area contributed by atoms with E-state index in [-0.39, 0.29) is 6.54 Å². The summed E-state index contributed by atoms with van der Waals surface area (Å²) in [5.74, 6) is 0.951. The van der Waals surface area contributed by atoms with Crippen LogP contribution < -0.4 is 15.5 Å². The fourth-order valence-electron chi connectivity index (χ4n) is 2.60. The summed E-state index contributed by atoms with van der Waals surface area (Å²) in [6.45, 7) is 7.55. The largest absolute Gasteiger partial charge is 0.357 e. The second kappa shape index (κ2) is 9.66. The van der Waals surface area contributed by atoms with Gasteiger partial charge in [0.05, 0.1) is 12.8 Å². The van der Waals surface area contributed by atoms with E-state index < -0.39 is 15.9 Å². The van der Waals surface area contributed by atoms with Crippen molar-refractivity contribution < 1.29 is 13.2 Å². The van der Waals surface area contributed by atoms with Gasteiger partial charge in [0.1, 0.15) is 5.82 Å². The summed E-state index contributed by atoms with van der Waals surface area (Å²) in [6, 6.07) is 8.98. The van der Waals surface area contributed by atoms with Crippen molar-refractivity contribution in [1.82, 2.24) is 14.3 Å². The Labute approximate surface area is 172 Å². The topological polar surface area (TPSA) is 108 Å². The van der Waals surface area contributed by atoms with Crippen molar-refractivity contribution in [1.29, 1.82) is 0 Å². The van der Waals surface area contributed by atoms with Crippen LogP contribution in [0.3, 0.4) is 0 Å². The third-order valence-corrected chi connectivity index (χ3v) is 5.55. The Morgan fingerprint density at radius 2 is 1.66 bits per heavy atom. The first-order chi connectivity index (χ1) is 13.6. The van der Waals surface area contributed by atoms with Crippen molar-refractivity contribution in [3.8, 4) is 0 Å². The highest BCUT2D eigenvalue weighted by atomic mass is 32.2. The van der Waals surface area contributed by atoms with Crippen LogP contribution in [0.1, 0.15) is 19.5 Å². The van der Waals surface area contributed by atoms with Gasteiger partial charge in [-0.25, -0.2) is 13.4 Å². The quantitative estimate of drug-likeness (QED) is 0.640. The Bertz CT molecular complexity index is 943. The molecular formula is C19H28N6O3S. The maximum atomic E-state index is 12.0. The van der Waals surface area contributed by atoms with Gasteiger partial charge in [-0.3, -0.25) is 4.79 Å². The van der Waals surface area contributed by atoms with Crippen LogP contribution in [0, 0.1) is 6.92 Å². The highest BCUT2D eigenvalue weighted by Gasteiger charge is 2.15. The van der Waals surface area contributed by atoms with Crippen LogP contribution in [0.2, 0.25) is 0 Å². The molecule has 1 aromatic carbocycles. The molecule has 9 nitrogen and oxygen atoms in total. The van der Waals surface area contributed by atoms with Gasteiger partial charge in [0, 0.05) is 43.3 Å². The summed E-state index contributed by atoms with van der Waals surface area (Å²) in [6.07, 6.45) is 1.06. The molecule has 0 saturated carbocycles. The first kappa shape index (κ1) is 22.6. The number of amides is 1. The van der Waals surface area contributed by atoms with E-state index in [1.54, 1.807) is 24.3 Å². The van der Waals surface area contributed by atoms with Crippen molar-refractivity contribution in [3.63, 3.8) is 0 Å². The first-order valence-corrected chi connectivity index (χ1v) is 11.2. The zero-order chi connectivity index (χ0) is 21.6. The van der Waals surface area contributed by atoms with E-state index in [1.165, 1.54) is 7.05 Å². The molecule has 2 rings (SSSR count). The number of anilines is 4. The highest BCUT2D eigenvalue weighted by molar-refractivity contribution is 7.88. The predicted molar refractivity (Wildman–Crippen MR) is 116 cm³/mol. The Hall–Kier alpha value is -2.72. The van der Waals surface area contributed by atoms with E-state index in [1.807, 2.05) is 13.0 Å². The molecule has 0 spiro atoms. The van der Waals surface area contributed by atoms with Crippen molar-refractivity contribution in [3.05, 3.63) is 36.0 Å². The molecule has 10 heteroatoms. The maximum Gasteiger partial charge on any atom is 0.239 e. The minimum atomic E-state index is -3.40. The molecule has 0 radical (unpaired) electrons. The SMILES string of the molecule is CCN(CC)c1cc(C)nc(Nc2ccc(NC(=O)CN(C)S(C)(=O)=O)cc2)n1. The van der Waals surface area contributed by atoms with Gasteiger partial charge in [0.15, 0.2) is 0 Å². The number of aryl methyl sites for hydroxylation is 1. The molecule has 0 bridgehead atoms. The molecule has 0 aliphatic carbocycles. The fourth-order valence-corrected chi connectivity index (χ4v) is 2.96. The Morgan fingerprint density at radius 1 is 1.07 bits per heavy atom. The monoisotopic (exact) mass is 420 g/mol. The third kappa shape index (κ3) is 6.68. The molecule has 0 saturated heterocycles. The van der Waals surface area contributed by atoms with E-state index >= 15 is 0 Å². The highest BCUT2D eigenvalue weighted by Crippen LogP contribution is 2.20. The third-order valence-electron chi connectivity index (χ3n) is 4.29. The summed E-state index contributed by atoms with van der Waals surface area (Å²) in [4.78, 5) is 23.1. The second-order valence-electron chi connectivity index (χ2n) is 6.63. The van der Waals surface area contributed by atoms with Gasteiger partial charge >= 0.3 is 0 Å². The normalized spacial score (nSPS) is 11.4. The van der Waals surface area contributed by atoms with Crippen LogP contribution in [0.15, 0.2) is 30.3 Å². The molecule has 0 aliphatic heterocycles. The Morgan fingerprint density at radius 3 is 2.21 bits per heavy atom. The van der Waals surface area contributed by atoms with Gasteiger partial charge in [0.2, 0.25) is 21.9 Å². The molecule has 0 fully saturated rings. The van der Waals surface area contributed by atoms with Gasteiger partial charge in [-0.2, -0.15) is 9.29 Å². The average molecular weight is 421 g/mol. The predicted octanol–water partition coefficient (Wildman–Crippen LogP) is 2.20. The number of aromatic nitrogens is 2. The maximum absolute atomic E-state index is 12.0. The summed E-state index contributed by atoms with van der Waals surface area (Å²) in [7, 11) is -2.05. The summed E-state index contributed by atoms with van der Waals surface area (Å²) >= 11 is 0. The molecule has 0 unspecified atom stereocenters. The lowest BCUT2D eigenvalue weighted by Gasteiger charge is -2.20. The number of sulfonamides is 1. The molecular weight excluding hydrogens is 392 g/mol. The lowest BCUT2D eigenvalue weighted by Crippen LogP contribution is -2.34. The lowest BCUT2D eigenvalue weighted by molar-refractivity contribution is -0.116. The minimum Gasteiger partial charge on any atom is -0.357 e.